The first-order valence-electron chi connectivity index (χ1n) is 9.27. The van der Waals surface area contributed by atoms with Gasteiger partial charge in [0, 0.05) is 24.7 Å². The van der Waals surface area contributed by atoms with Gasteiger partial charge in [0.25, 0.3) is 0 Å². The Morgan fingerprint density at radius 2 is 1.97 bits per heavy atom. The van der Waals surface area contributed by atoms with Crippen LogP contribution in [0.4, 0.5) is 13.2 Å². The van der Waals surface area contributed by atoms with Gasteiger partial charge in [-0.15, -0.1) is 0 Å². The van der Waals surface area contributed by atoms with Gasteiger partial charge in [-0.05, 0) is 49.9 Å². The lowest BCUT2D eigenvalue weighted by Gasteiger charge is -2.14. The molecule has 0 amide bonds. The van der Waals surface area contributed by atoms with E-state index in [0.717, 1.165) is 37.3 Å². The van der Waals surface area contributed by atoms with Gasteiger partial charge in [-0.1, -0.05) is 11.6 Å². The lowest BCUT2D eigenvalue weighted by atomic mass is 10.1. The molecular formula is C20H17ClF3N3O3S. The maximum Gasteiger partial charge on any atom is 0.417 e. The SMILES string of the molecule is CNS(=O)(=O)c1ccc(Oc2ccc(Cl)c(C(F)(F)F)c2)c(-c2cn3c(n2)CCC3)c1. The van der Waals surface area contributed by atoms with E-state index in [4.69, 9.17) is 16.3 Å². The number of ether oxygens (including phenoxy) is 1. The second-order valence-corrected chi connectivity index (χ2v) is 9.24. The van der Waals surface area contributed by atoms with Crippen LogP contribution in [-0.4, -0.2) is 25.0 Å². The predicted molar refractivity (Wildman–Crippen MR) is 109 cm³/mol. The molecule has 0 saturated carbocycles. The van der Waals surface area contributed by atoms with E-state index < -0.39 is 26.8 Å². The molecule has 0 aliphatic carbocycles. The molecule has 0 atom stereocenters. The number of rotatable bonds is 5. The average Bonchev–Trinajstić information content (AvgIpc) is 3.31. The van der Waals surface area contributed by atoms with Crippen LogP contribution in [0.15, 0.2) is 47.5 Å². The maximum atomic E-state index is 13.2. The Kier molecular flexibility index (Phi) is 5.48. The molecule has 31 heavy (non-hydrogen) atoms. The predicted octanol–water partition coefficient (Wildman–Crippen LogP) is 4.87. The lowest BCUT2D eigenvalue weighted by molar-refractivity contribution is -0.137. The van der Waals surface area contributed by atoms with Gasteiger partial charge in [0.05, 0.1) is 21.2 Å². The number of nitrogens with zero attached hydrogens (tertiary/aromatic N) is 2. The number of hydrogen-bond donors (Lipinski definition) is 1. The smallest absolute Gasteiger partial charge is 0.417 e. The number of halogens is 4. The van der Waals surface area contributed by atoms with Crippen molar-refractivity contribution in [2.45, 2.75) is 30.5 Å². The number of aromatic nitrogens is 2. The number of alkyl halides is 3. The van der Waals surface area contributed by atoms with Crippen LogP contribution < -0.4 is 9.46 Å². The molecule has 2 heterocycles. The van der Waals surface area contributed by atoms with Crippen LogP contribution in [0.25, 0.3) is 11.3 Å². The van der Waals surface area contributed by atoms with E-state index in [9.17, 15) is 21.6 Å². The first-order valence-corrected chi connectivity index (χ1v) is 11.1. The van der Waals surface area contributed by atoms with Crippen LogP contribution in [0.2, 0.25) is 5.02 Å². The standard InChI is InChI=1S/C20H17ClF3N3O3S/c1-25-31(28,29)13-5-7-18(14(10-13)17-11-27-8-2-3-19(27)26-17)30-12-4-6-16(21)15(9-12)20(22,23)24/h4-7,9-11,25H,2-3,8H2,1H3. The zero-order chi connectivity index (χ0) is 22.4. The summed E-state index contributed by atoms with van der Waals surface area (Å²) in [6.45, 7) is 0.791. The molecule has 164 valence electrons. The van der Waals surface area contributed by atoms with E-state index in [1.165, 1.54) is 31.3 Å². The Balaban J connectivity index is 1.80. The van der Waals surface area contributed by atoms with Crippen molar-refractivity contribution in [3.05, 3.63) is 59.0 Å². The minimum Gasteiger partial charge on any atom is -0.457 e. The fourth-order valence-corrected chi connectivity index (χ4v) is 4.36. The molecule has 0 saturated heterocycles. The van der Waals surface area contributed by atoms with Crippen molar-refractivity contribution in [1.29, 1.82) is 0 Å². The molecule has 0 radical (unpaired) electrons. The zero-order valence-electron chi connectivity index (χ0n) is 16.2. The van der Waals surface area contributed by atoms with Crippen LogP contribution in [0.5, 0.6) is 11.5 Å². The second-order valence-electron chi connectivity index (χ2n) is 6.95. The highest BCUT2D eigenvalue weighted by molar-refractivity contribution is 7.89. The van der Waals surface area contributed by atoms with Gasteiger partial charge in [-0.3, -0.25) is 0 Å². The maximum absolute atomic E-state index is 13.2. The quantitative estimate of drug-likeness (QED) is 0.576. The van der Waals surface area contributed by atoms with Gasteiger partial charge in [0.15, 0.2) is 0 Å². The fraction of sp³-hybridized carbons (Fsp3) is 0.250. The monoisotopic (exact) mass is 471 g/mol. The molecule has 2 aromatic carbocycles. The zero-order valence-corrected chi connectivity index (χ0v) is 17.8. The number of hydrogen-bond acceptors (Lipinski definition) is 4. The molecular weight excluding hydrogens is 455 g/mol. The molecule has 6 nitrogen and oxygen atoms in total. The van der Waals surface area contributed by atoms with Crippen molar-refractivity contribution in [2.24, 2.45) is 0 Å². The molecule has 1 aliphatic rings. The summed E-state index contributed by atoms with van der Waals surface area (Å²) >= 11 is 5.68. The van der Waals surface area contributed by atoms with E-state index in [2.05, 4.69) is 9.71 Å². The summed E-state index contributed by atoms with van der Waals surface area (Å²) in [5.41, 5.74) is -0.201. The Bertz CT molecular complexity index is 1230. The van der Waals surface area contributed by atoms with E-state index in [1.807, 2.05) is 4.57 Å². The number of sulfonamides is 1. The Hall–Kier alpha value is -2.56. The largest absolute Gasteiger partial charge is 0.457 e. The first kappa shape index (κ1) is 21.7. The Morgan fingerprint density at radius 3 is 2.65 bits per heavy atom. The summed E-state index contributed by atoms with van der Waals surface area (Å²) in [4.78, 5) is 4.53. The van der Waals surface area contributed by atoms with E-state index >= 15 is 0 Å². The minimum atomic E-state index is -4.64. The summed E-state index contributed by atoms with van der Waals surface area (Å²) in [6, 6.07) is 7.31. The number of fused-ring (bicyclic) bond motifs is 1. The van der Waals surface area contributed by atoms with Gasteiger partial charge < -0.3 is 9.30 Å². The van der Waals surface area contributed by atoms with Crippen LogP contribution in [0, 0.1) is 0 Å². The highest BCUT2D eigenvalue weighted by Crippen LogP contribution is 2.40. The van der Waals surface area contributed by atoms with Crippen molar-refractivity contribution in [3.63, 3.8) is 0 Å². The minimum absolute atomic E-state index is 0.0161. The molecule has 0 bridgehead atoms. The molecule has 4 rings (SSSR count). The molecule has 1 N–H and O–H groups in total. The van der Waals surface area contributed by atoms with Crippen molar-refractivity contribution < 1.29 is 26.3 Å². The number of aryl methyl sites for hydroxylation is 2. The fourth-order valence-electron chi connectivity index (χ4n) is 3.38. The van der Waals surface area contributed by atoms with Crippen molar-refractivity contribution in [1.82, 2.24) is 14.3 Å². The summed E-state index contributed by atoms with van der Waals surface area (Å²) in [5.74, 6) is 0.935. The topological polar surface area (TPSA) is 73.2 Å². The van der Waals surface area contributed by atoms with Gasteiger partial charge >= 0.3 is 6.18 Å². The highest BCUT2D eigenvalue weighted by atomic mass is 35.5. The molecule has 0 fully saturated rings. The molecule has 3 aromatic rings. The lowest BCUT2D eigenvalue weighted by Crippen LogP contribution is -2.18. The Labute approximate surface area is 181 Å². The molecule has 1 aliphatic heterocycles. The van der Waals surface area contributed by atoms with Gasteiger partial charge in [0.2, 0.25) is 10.0 Å². The van der Waals surface area contributed by atoms with Crippen LogP contribution in [0.1, 0.15) is 17.8 Å². The Morgan fingerprint density at radius 1 is 1.19 bits per heavy atom. The third kappa shape index (κ3) is 4.28. The third-order valence-corrected chi connectivity index (χ3v) is 6.68. The van der Waals surface area contributed by atoms with Crippen molar-refractivity contribution in [3.8, 4) is 22.8 Å². The second kappa shape index (κ2) is 7.85. The van der Waals surface area contributed by atoms with E-state index in [-0.39, 0.29) is 16.4 Å². The normalized spacial score (nSPS) is 14.0. The third-order valence-electron chi connectivity index (χ3n) is 4.94. The summed E-state index contributed by atoms with van der Waals surface area (Å²) in [6.07, 6.45) is -1.11. The summed E-state index contributed by atoms with van der Waals surface area (Å²) < 4.78 is 74.1. The van der Waals surface area contributed by atoms with Crippen LogP contribution in [0.3, 0.4) is 0 Å². The molecule has 0 spiro atoms. The average molecular weight is 472 g/mol. The number of benzene rings is 2. The van der Waals surface area contributed by atoms with Crippen LogP contribution in [-0.2, 0) is 29.2 Å². The molecule has 11 heteroatoms. The van der Waals surface area contributed by atoms with Gasteiger partial charge in [-0.25, -0.2) is 18.1 Å². The van der Waals surface area contributed by atoms with Gasteiger partial charge in [-0.2, -0.15) is 13.2 Å². The van der Waals surface area contributed by atoms with Gasteiger partial charge in [0.1, 0.15) is 17.3 Å². The molecule has 0 unspecified atom stereocenters. The first-order chi connectivity index (χ1) is 14.6. The highest BCUT2D eigenvalue weighted by Gasteiger charge is 2.33. The summed E-state index contributed by atoms with van der Waals surface area (Å²) in [5, 5.41) is -0.443. The van der Waals surface area contributed by atoms with Crippen molar-refractivity contribution in [2.75, 3.05) is 7.05 Å². The van der Waals surface area contributed by atoms with E-state index in [0.29, 0.717) is 11.3 Å². The van der Waals surface area contributed by atoms with Crippen molar-refractivity contribution >= 4 is 21.6 Å². The van der Waals surface area contributed by atoms with E-state index in [1.54, 1.807) is 6.20 Å². The summed E-state index contributed by atoms with van der Waals surface area (Å²) in [7, 11) is -2.46. The number of imidazole rings is 1. The van der Waals surface area contributed by atoms with Crippen LogP contribution >= 0.6 is 11.6 Å². The number of nitrogens with one attached hydrogen (secondary N) is 1. The molecule has 1 aromatic heterocycles.